The Morgan fingerprint density at radius 1 is 0.778 bits per heavy atom. The lowest BCUT2D eigenvalue weighted by atomic mass is 10.1. The van der Waals surface area contributed by atoms with E-state index in [4.69, 9.17) is 0 Å². The van der Waals surface area contributed by atoms with E-state index >= 15 is 0 Å². The van der Waals surface area contributed by atoms with E-state index in [0.717, 1.165) is 17.6 Å². The van der Waals surface area contributed by atoms with Gasteiger partial charge in [-0.1, -0.05) is 37.8 Å². The fourth-order valence-corrected chi connectivity index (χ4v) is 3.75. The van der Waals surface area contributed by atoms with E-state index in [1.165, 1.54) is 57.1 Å². The first-order chi connectivity index (χ1) is 8.84. The van der Waals surface area contributed by atoms with E-state index in [1.807, 2.05) is 0 Å². The molecule has 2 aliphatic rings. The minimum absolute atomic E-state index is 0.795. The number of anilines is 1. The second-order valence-electron chi connectivity index (χ2n) is 5.95. The van der Waals surface area contributed by atoms with Crippen LogP contribution in [0.4, 0.5) is 5.69 Å². The summed E-state index contributed by atoms with van der Waals surface area (Å²) in [6, 6.07) is 10.5. The van der Waals surface area contributed by atoms with Crippen LogP contribution in [0.2, 0.25) is 0 Å². The molecule has 0 saturated heterocycles. The minimum atomic E-state index is 0.795. The fourth-order valence-electron chi connectivity index (χ4n) is 3.75. The third-order valence-corrected chi connectivity index (χ3v) is 4.67. The molecular formula is C17H24N. The Hall–Kier alpha value is -0.980. The minimum Gasteiger partial charge on any atom is -0.366 e. The van der Waals surface area contributed by atoms with Crippen molar-refractivity contribution in [3.05, 3.63) is 36.8 Å². The molecule has 0 unspecified atom stereocenters. The monoisotopic (exact) mass is 242 g/mol. The van der Waals surface area contributed by atoms with Crippen LogP contribution in [-0.2, 0) is 0 Å². The maximum atomic E-state index is 4.00. The van der Waals surface area contributed by atoms with Crippen molar-refractivity contribution in [2.24, 2.45) is 0 Å². The molecule has 1 radical (unpaired) electrons. The van der Waals surface area contributed by atoms with Crippen LogP contribution in [0.1, 0.15) is 56.9 Å². The smallest absolute Gasteiger partial charge is 0.0371 e. The molecule has 1 aromatic carbocycles. The molecule has 3 rings (SSSR count). The zero-order valence-corrected chi connectivity index (χ0v) is 11.3. The van der Waals surface area contributed by atoms with Gasteiger partial charge in [-0.3, -0.25) is 0 Å². The summed E-state index contributed by atoms with van der Waals surface area (Å²) in [7, 11) is 0. The number of hydrogen-bond donors (Lipinski definition) is 0. The number of rotatable bonds is 3. The summed E-state index contributed by atoms with van der Waals surface area (Å²) >= 11 is 0. The quantitative estimate of drug-likeness (QED) is 0.751. The van der Waals surface area contributed by atoms with Crippen LogP contribution in [-0.4, -0.2) is 12.1 Å². The van der Waals surface area contributed by atoms with Crippen LogP contribution in [0.25, 0.3) is 0 Å². The second-order valence-corrected chi connectivity index (χ2v) is 5.95. The van der Waals surface area contributed by atoms with Gasteiger partial charge in [0.2, 0.25) is 0 Å². The summed E-state index contributed by atoms with van der Waals surface area (Å²) in [5.41, 5.74) is 2.55. The van der Waals surface area contributed by atoms with E-state index < -0.39 is 0 Å². The van der Waals surface area contributed by atoms with Crippen molar-refractivity contribution < 1.29 is 0 Å². The van der Waals surface area contributed by atoms with Crippen molar-refractivity contribution in [1.82, 2.24) is 0 Å². The van der Waals surface area contributed by atoms with Gasteiger partial charge in [0.05, 0.1) is 0 Å². The maximum Gasteiger partial charge on any atom is 0.0371 e. The standard InChI is InChI=1S/C17H24N/c1-14-10-12-17(13-11-14)18(15-6-2-3-7-15)16-8-4-5-9-16/h10-13,15-16H,1-9H2. The average molecular weight is 242 g/mol. The van der Waals surface area contributed by atoms with Gasteiger partial charge < -0.3 is 4.90 Å². The van der Waals surface area contributed by atoms with E-state index in [-0.39, 0.29) is 0 Å². The van der Waals surface area contributed by atoms with Crippen LogP contribution < -0.4 is 4.90 Å². The second kappa shape index (κ2) is 5.34. The van der Waals surface area contributed by atoms with E-state index in [1.54, 1.807) is 0 Å². The van der Waals surface area contributed by atoms with Crippen molar-refractivity contribution in [2.45, 2.75) is 63.5 Å². The van der Waals surface area contributed by atoms with Gasteiger partial charge in [0.15, 0.2) is 0 Å². The lowest BCUT2D eigenvalue weighted by molar-refractivity contribution is 0.513. The van der Waals surface area contributed by atoms with Crippen molar-refractivity contribution >= 4 is 5.69 Å². The molecule has 0 N–H and O–H groups in total. The molecule has 1 nitrogen and oxygen atoms in total. The number of benzene rings is 1. The van der Waals surface area contributed by atoms with Gasteiger partial charge in [0, 0.05) is 17.8 Å². The molecule has 2 aliphatic carbocycles. The third kappa shape index (κ3) is 2.41. The van der Waals surface area contributed by atoms with Crippen LogP contribution in [0.15, 0.2) is 24.3 Å². The Morgan fingerprint density at radius 3 is 1.67 bits per heavy atom. The molecule has 1 heteroatoms. The SMILES string of the molecule is [CH2]c1ccc(N(C2CCCC2)C2CCCC2)cc1. The first-order valence-electron chi connectivity index (χ1n) is 7.55. The van der Waals surface area contributed by atoms with Crippen molar-refractivity contribution in [3.63, 3.8) is 0 Å². The molecule has 0 spiro atoms. The molecule has 2 saturated carbocycles. The van der Waals surface area contributed by atoms with Crippen molar-refractivity contribution in [3.8, 4) is 0 Å². The Bertz CT molecular complexity index is 353. The zero-order chi connectivity index (χ0) is 12.4. The summed E-state index contributed by atoms with van der Waals surface area (Å²) in [6.45, 7) is 4.00. The van der Waals surface area contributed by atoms with Gasteiger partial charge >= 0.3 is 0 Å². The lowest BCUT2D eigenvalue weighted by Gasteiger charge is -2.37. The Labute approximate surface area is 111 Å². The van der Waals surface area contributed by atoms with E-state index in [2.05, 4.69) is 36.1 Å². The maximum absolute atomic E-state index is 4.00. The van der Waals surface area contributed by atoms with E-state index in [0.29, 0.717) is 0 Å². The molecule has 0 bridgehead atoms. The van der Waals surface area contributed by atoms with Crippen molar-refractivity contribution in [2.75, 3.05) is 4.90 Å². The lowest BCUT2D eigenvalue weighted by Crippen LogP contribution is -2.40. The first kappa shape index (κ1) is 12.1. The van der Waals surface area contributed by atoms with Crippen LogP contribution in [0.5, 0.6) is 0 Å². The average Bonchev–Trinajstić information content (AvgIpc) is 3.06. The molecule has 0 aliphatic heterocycles. The topological polar surface area (TPSA) is 3.24 Å². The summed E-state index contributed by atoms with van der Waals surface area (Å²) in [5, 5.41) is 0. The van der Waals surface area contributed by atoms with Gasteiger partial charge in [0.1, 0.15) is 0 Å². The van der Waals surface area contributed by atoms with E-state index in [9.17, 15) is 0 Å². The predicted molar refractivity (Wildman–Crippen MR) is 77.9 cm³/mol. The molecule has 0 atom stereocenters. The normalized spacial score (nSPS) is 21.6. The molecular weight excluding hydrogens is 218 g/mol. The van der Waals surface area contributed by atoms with Crippen LogP contribution >= 0.6 is 0 Å². The highest BCUT2D eigenvalue weighted by atomic mass is 15.2. The zero-order valence-electron chi connectivity index (χ0n) is 11.3. The molecule has 97 valence electrons. The van der Waals surface area contributed by atoms with Crippen molar-refractivity contribution in [1.29, 1.82) is 0 Å². The summed E-state index contributed by atoms with van der Waals surface area (Å²) in [5.74, 6) is 0. The third-order valence-electron chi connectivity index (χ3n) is 4.67. The van der Waals surface area contributed by atoms with Gasteiger partial charge in [0.25, 0.3) is 0 Å². The van der Waals surface area contributed by atoms with Gasteiger partial charge in [-0.2, -0.15) is 0 Å². The van der Waals surface area contributed by atoms with Crippen LogP contribution in [0, 0.1) is 6.92 Å². The van der Waals surface area contributed by atoms with Gasteiger partial charge in [-0.05, 0) is 50.3 Å². The molecule has 2 fully saturated rings. The fraction of sp³-hybridized carbons (Fsp3) is 0.588. The summed E-state index contributed by atoms with van der Waals surface area (Å²) in [4.78, 5) is 2.75. The molecule has 0 heterocycles. The molecule has 18 heavy (non-hydrogen) atoms. The first-order valence-corrected chi connectivity index (χ1v) is 7.55. The molecule has 0 amide bonds. The van der Waals surface area contributed by atoms with Gasteiger partial charge in [-0.15, -0.1) is 0 Å². The largest absolute Gasteiger partial charge is 0.366 e. The number of hydrogen-bond acceptors (Lipinski definition) is 1. The highest BCUT2D eigenvalue weighted by Crippen LogP contribution is 2.35. The Morgan fingerprint density at radius 2 is 1.22 bits per heavy atom. The highest BCUT2D eigenvalue weighted by Gasteiger charge is 2.30. The molecule has 1 aromatic rings. The number of nitrogens with zero attached hydrogens (tertiary/aromatic N) is 1. The van der Waals surface area contributed by atoms with Gasteiger partial charge in [-0.25, -0.2) is 0 Å². The predicted octanol–water partition coefficient (Wildman–Crippen LogP) is 4.56. The summed E-state index contributed by atoms with van der Waals surface area (Å²) in [6.07, 6.45) is 11.2. The summed E-state index contributed by atoms with van der Waals surface area (Å²) < 4.78 is 0. The highest BCUT2D eigenvalue weighted by molar-refractivity contribution is 5.50. The molecule has 0 aromatic heterocycles. The Kier molecular flexibility index (Phi) is 3.58. The van der Waals surface area contributed by atoms with Crippen LogP contribution in [0.3, 0.4) is 0 Å². The Balaban J connectivity index is 1.85.